The number of carbonyl (C=O) groups is 1. The van der Waals surface area contributed by atoms with Crippen molar-refractivity contribution in [2.75, 3.05) is 0 Å². The van der Waals surface area contributed by atoms with Gasteiger partial charge in [0.25, 0.3) is 0 Å². The molecule has 2 atom stereocenters. The highest BCUT2D eigenvalue weighted by Crippen LogP contribution is 2.19. The highest BCUT2D eigenvalue weighted by atomic mass is 35.5. The maximum atomic E-state index is 13.2. The Morgan fingerprint density at radius 2 is 1.86 bits per heavy atom. The number of rotatable bonds is 4. The first-order valence-electron chi connectivity index (χ1n) is 6.05. The molecule has 0 radical (unpaired) electrons. The molecule has 0 heterocycles. The van der Waals surface area contributed by atoms with Crippen LogP contribution in [0, 0.1) is 11.6 Å². The van der Waals surface area contributed by atoms with Gasteiger partial charge in [0.2, 0.25) is 0 Å². The number of carbonyl (C=O) groups excluding carboxylic acids is 1. The van der Waals surface area contributed by atoms with Crippen LogP contribution in [-0.2, 0) is 10.8 Å². The average Bonchev–Trinajstić information content (AvgIpc) is 2.47. The summed E-state index contributed by atoms with van der Waals surface area (Å²) in [7, 11) is -1.78. The van der Waals surface area contributed by atoms with Gasteiger partial charge in [-0.15, -0.1) is 0 Å². The number of Topliss-reactive ketones (excluding diaryl/α,β-unsaturated/α-hetero) is 1. The Kier molecular flexibility index (Phi) is 4.85. The van der Waals surface area contributed by atoms with Crippen LogP contribution >= 0.6 is 11.6 Å². The molecule has 0 N–H and O–H groups in total. The first-order chi connectivity index (χ1) is 9.90. The summed E-state index contributed by atoms with van der Waals surface area (Å²) in [6, 6.07) is 9.21. The van der Waals surface area contributed by atoms with E-state index < -0.39 is 27.7 Å². The van der Waals surface area contributed by atoms with E-state index in [-0.39, 0.29) is 10.7 Å². The lowest BCUT2D eigenvalue weighted by atomic mass is 10.1. The van der Waals surface area contributed by atoms with Crippen molar-refractivity contribution in [3.8, 4) is 0 Å². The minimum Gasteiger partial charge on any atom is -0.293 e. The summed E-state index contributed by atoms with van der Waals surface area (Å²) >= 11 is 5.81. The zero-order chi connectivity index (χ0) is 15.6. The lowest BCUT2D eigenvalue weighted by molar-refractivity contribution is 0.0992. The molecular weight excluding hydrogens is 318 g/mol. The minimum absolute atomic E-state index is 0.0665. The fourth-order valence-electron chi connectivity index (χ4n) is 1.78. The Bertz CT molecular complexity index is 719. The van der Waals surface area contributed by atoms with Gasteiger partial charge in [-0.05, 0) is 37.3 Å². The van der Waals surface area contributed by atoms with Crippen molar-refractivity contribution in [3.63, 3.8) is 0 Å². The van der Waals surface area contributed by atoms with Gasteiger partial charge in [-0.3, -0.25) is 9.00 Å². The SMILES string of the molecule is CC(C(=O)c1cccc(Cl)c1)S(=O)c1ccc(F)c(F)c1. The van der Waals surface area contributed by atoms with Gasteiger partial charge in [-0.1, -0.05) is 23.7 Å². The van der Waals surface area contributed by atoms with Gasteiger partial charge in [0.05, 0.1) is 16.0 Å². The van der Waals surface area contributed by atoms with Gasteiger partial charge in [-0.2, -0.15) is 0 Å². The fraction of sp³-hybridized carbons (Fsp3) is 0.133. The van der Waals surface area contributed by atoms with E-state index in [1.54, 1.807) is 18.2 Å². The molecule has 110 valence electrons. The number of hydrogen-bond donors (Lipinski definition) is 0. The first kappa shape index (κ1) is 15.8. The third kappa shape index (κ3) is 3.54. The molecule has 0 amide bonds. The van der Waals surface area contributed by atoms with Gasteiger partial charge in [-0.25, -0.2) is 8.78 Å². The summed E-state index contributed by atoms with van der Waals surface area (Å²) in [6.07, 6.45) is 0. The number of halogens is 3. The third-order valence-electron chi connectivity index (χ3n) is 2.92. The molecule has 2 nitrogen and oxygen atoms in total. The van der Waals surface area contributed by atoms with E-state index in [2.05, 4.69) is 0 Å². The van der Waals surface area contributed by atoms with E-state index in [1.165, 1.54) is 19.1 Å². The second-order valence-electron chi connectivity index (χ2n) is 4.39. The summed E-state index contributed by atoms with van der Waals surface area (Å²) in [4.78, 5) is 12.3. The maximum absolute atomic E-state index is 13.2. The quantitative estimate of drug-likeness (QED) is 0.795. The standard InChI is InChI=1S/C15H11ClF2O2S/c1-9(15(19)10-3-2-4-11(16)7-10)21(20)12-5-6-13(17)14(18)8-12/h2-9H,1H3. The highest BCUT2D eigenvalue weighted by Gasteiger charge is 2.23. The molecule has 0 saturated carbocycles. The highest BCUT2D eigenvalue weighted by molar-refractivity contribution is 7.86. The van der Waals surface area contributed by atoms with Crippen LogP contribution in [0.15, 0.2) is 47.4 Å². The van der Waals surface area contributed by atoms with Crippen LogP contribution in [0.4, 0.5) is 8.78 Å². The zero-order valence-electron chi connectivity index (χ0n) is 11.0. The molecule has 21 heavy (non-hydrogen) atoms. The minimum atomic E-state index is -1.78. The van der Waals surface area contributed by atoms with Crippen molar-refractivity contribution in [2.45, 2.75) is 17.1 Å². The predicted molar refractivity (Wildman–Crippen MR) is 78.0 cm³/mol. The second kappa shape index (κ2) is 6.45. The molecular formula is C15H11ClF2O2S. The van der Waals surface area contributed by atoms with Crippen LogP contribution in [-0.4, -0.2) is 15.2 Å². The van der Waals surface area contributed by atoms with E-state index in [4.69, 9.17) is 11.6 Å². The van der Waals surface area contributed by atoms with Gasteiger partial charge in [0, 0.05) is 15.5 Å². The van der Waals surface area contributed by atoms with Crippen molar-refractivity contribution in [1.29, 1.82) is 0 Å². The number of benzene rings is 2. The van der Waals surface area contributed by atoms with E-state index in [9.17, 15) is 17.8 Å². The Morgan fingerprint density at radius 3 is 2.48 bits per heavy atom. The zero-order valence-corrected chi connectivity index (χ0v) is 12.5. The molecule has 2 rings (SSSR count). The van der Waals surface area contributed by atoms with Crippen molar-refractivity contribution in [2.24, 2.45) is 0 Å². The molecule has 0 aromatic heterocycles. The topological polar surface area (TPSA) is 34.1 Å². The molecule has 2 aromatic carbocycles. The third-order valence-corrected chi connectivity index (χ3v) is 4.73. The van der Waals surface area contributed by atoms with Gasteiger partial charge < -0.3 is 0 Å². The Labute approximate surface area is 128 Å². The second-order valence-corrected chi connectivity index (χ2v) is 6.60. The van der Waals surface area contributed by atoms with Crippen molar-refractivity contribution >= 4 is 28.2 Å². The monoisotopic (exact) mass is 328 g/mol. The van der Waals surface area contributed by atoms with E-state index >= 15 is 0 Å². The summed E-state index contributed by atoms with van der Waals surface area (Å²) in [5, 5.41) is -0.500. The Balaban J connectivity index is 2.26. The largest absolute Gasteiger partial charge is 0.293 e. The maximum Gasteiger partial charge on any atom is 0.178 e. The summed E-state index contributed by atoms with van der Waals surface area (Å²) < 4.78 is 38.3. The van der Waals surface area contributed by atoms with Crippen LogP contribution in [0.25, 0.3) is 0 Å². The van der Waals surface area contributed by atoms with E-state index in [0.717, 1.165) is 12.1 Å². The van der Waals surface area contributed by atoms with Crippen LogP contribution in [0.2, 0.25) is 5.02 Å². The molecule has 0 aliphatic heterocycles. The molecule has 6 heteroatoms. The van der Waals surface area contributed by atoms with Gasteiger partial charge >= 0.3 is 0 Å². The fourth-order valence-corrected chi connectivity index (χ4v) is 3.13. The molecule has 2 unspecified atom stereocenters. The predicted octanol–water partition coefficient (Wildman–Crippen LogP) is 4.00. The molecule has 0 aliphatic carbocycles. The molecule has 0 aliphatic rings. The van der Waals surface area contributed by atoms with Crippen LogP contribution < -0.4 is 0 Å². The van der Waals surface area contributed by atoms with Crippen molar-refractivity contribution < 1.29 is 17.8 Å². The molecule has 0 saturated heterocycles. The Morgan fingerprint density at radius 1 is 1.14 bits per heavy atom. The molecule has 2 aromatic rings. The summed E-state index contributed by atoms with van der Waals surface area (Å²) in [6.45, 7) is 1.47. The molecule has 0 bridgehead atoms. The molecule has 0 fully saturated rings. The first-order valence-corrected chi connectivity index (χ1v) is 7.64. The van der Waals surface area contributed by atoms with Crippen LogP contribution in [0.5, 0.6) is 0 Å². The van der Waals surface area contributed by atoms with Crippen molar-refractivity contribution in [3.05, 3.63) is 64.7 Å². The van der Waals surface area contributed by atoms with Crippen LogP contribution in [0.1, 0.15) is 17.3 Å². The van der Waals surface area contributed by atoms with Crippen LogP contribution in [0.3, 0.4) is 0 Å². The Hall–Kier alpha value is -1.59. The normalized spacial score (nSPS) is 13.7. The summed E-state index contributed by atoms with van der Waals surface area (Å²) in [5.74, 6) is -2.49. The smallest absolute Gasteiger partial charge is 0.178 e. The number of hydrogen-bond acceptors (Lipinski definition) is 2. The lowest BCUT2D eigenvalue weighted by Gasteiger charge is -2.11. The lowest BCUT2D eigenvalue weighted by Crippen LogP contribution is -2.23. The summed E-state index contributed by atoms with van der Waals surface area (Å²) in [5.41, 5.74) is 0.325. The number of ketones is 1. The van der Waals surface area contributed by atoms with Crippen molar-refractivity contribution in [1.82, 2.24) is 0 Å². The molecule has 0 spiro atoms. The van der Waals surface area contributed by atoms with E-state index in [1.807, 2.05) is 0 Å². The van der Waals surface area contributed by atoms with Gasteiger partial charge in [0.1, 0.15) is 0 Å². The van der Waals surface area contributed by atoms with E-state index in [0.29, 0.717) is 10.6 Å². The average molecular weight is 329 g/mol. The van der Waals surface area contributed by atoms with Gasteiger partial charge in [0.15, 0.2) is 17.4 Å².